The van der Waals surface area contributed by atoms with E-state index in [0.717, 1.165) is 11.9 Å². The fourth-order valence-electron chi connectivity index (χ4n) is 3.44. The number of H-pyrrole nitrogens is 1. The summed E-state index contributed by atoms with van der Waals surface area (Å²) in [5, 5.41) is 42.4. The van der Waals surface area contributed by atoms with Gasteiger partial charge in [0.25, 0.3) is 0 Å². The third-order valence-electron chi connectivity index (χ3n) is 5.08. The van der Waals surface area contributed by atoms with Gasteiger partial charge < -0.3 is 40.2 Å². The predicted molar refractivity (Wildman–Crippen MR) is 104 cm³/mol. The van der Waals surface area contributed by atoms with Crippen LogP contribution in [0.2, 0.25) is 0 Å². The molecule has 1 aromatic heterocycles. The van der Waals surface area contributed by atoms with Crippen molar-refractivity contribution >= 4 is 16.8 Å². The van der Waals surface area contributed by atoms with Crippen LogP contribution in [0.3, 0.4) is 0 Å². The molecule has 1 aliphatic heterocycles. The lowest BCUT2D eigenvalue weighted by atomic mass is 9.99. The minimum absolute atomic E-state index is 0.0525. The second kappa shape index (κ2) is 10.1. The van der Waals surface area contributed by atoms with Crippen molar-refractivity contribution in [2.24, 2.45) is 0 Å². The molecular formula is C20H28N2O7. The van der Waals surface area contributed by atoms with Gasteiger partial charge >= 0.3 is 0 Å². The van der Waals surface area contributed by atoms with E-state index in [2.05, 4.69) is 16.4 Å². The number of carbonyl (C=O) groups excluding carboxylic acids is 1. The Balaban J connectivity index is 1.34. The third-order valence-corrected chi connectivity index (χ3v) is 5.08. The maximum atomic E-state index is 12.0. The molecule has 3 rings (SSSR count). The number of benzene rings is 1. The van der Waals surface area contributed by atoms with Crippen LogP contribution in [0.4, 0.5) is 0 Å². The molecule has 29 heavy (non-hydrogen) atoms. The Labute approximate surface area is 168 Å². The maximum absolute atomic E-state index is 12.0. The van der Waals surface area contributed by atoms with Gasteiger partial charge in [0.1, 0.15) is 24.4 Å². The largest absolute Gasteiger partial charge is 0.394 e. The maximum Gasteiger partial charge on any atom is 0.220 e. The van der Waals surface area contributed by atoms with Crippen LogP contribution in [0.15, 0.2) is 30.5 Å². The number of aliphatic hydroxyl groups excluding tert-OH is 4. The second-order valence-electron chi connectivity index (χ2n) is 7.13. The van der Waals surface area contributed by atoms with Crippen LogP contribution in [0.5, 0.6) is 0 Å². The first kappa shape index (κ1) is 21.7. The molecule has 0 saturated carbocycles. The van der Waals surface area contributed by atoms with Gasteiger partial charge in [0.05, 0.1) is 13.2 Å². The molecule has 1 aliphatic rings. The molecule has 1 amide bonds. The molecular weight excluding hydrogens is 380 g/mol. The van der Waals surface area contributed by atoms with Crippen molar-refractivity contribution in [2.45, 2.75) is 50.0 Å². The van der Waals surface area contributed by atoms with Crippen molar-refractivity contribution in [1.82, 2.24) is 10.3 Å². The molecule has 2 heterocycles. The first-order valence-electron chi connectivity index (χ1n) is 9.75. The van der Waals surface area contributed by atoms with Crippen molar-refractivity contribution < 1.29 is 34.7 Å². The minimum atomic E-state index is -1.48. The molecule has 5 atom stereocenters. The summed E-state index contributed by atoms with van der Waals surface area (Å²) >= 11 is 0. The van der Waals surface area contributed by atoms with Crippen molar-refractivity contribution in [3.63, 3.8) is 0 Å². The molecule has 0 spiro atoms. The van der Waals surface area contributed by atoms with Crippen molar-refractivity contribution in [3.8, 4) is 0 Å². The van der Waals surface area contributed by atoms with Crippen LogP contribution in [-0.2, 0) is 20.7 Å². The number of rotatable bonds is 9. The van der Waals surface area contributed by atoms with Crippen LogP contribution < -0.4 is 5.32 Å². The quantitative estimate of drug-likeness (QED) is 0.305. The summed E-state index contributed by atoms with van der Waals surface area (Å²) in [6.07, 6.45) is -2.71. The van der Waals surface area contributed by atoms with E-state index < -0.39 is 37.3 Å². The lowest BCUT2D eigenvalue weighted by molar-refractivity contribution is -0.300. The summed E-state index contributed by atoms with van der Waals surface area (Å²) in [6, 6.07) is 8.03. The van der Waals surface area contributed by atoms with E-state index in [1.54, 1.807) is 0 Å². The molecule has 1 saturated heterocycles. The lowest BCUT2D eigenvalue weighted by Gasteiger charge is -2.39. The van der Waals surface area contributed by atoms with Gasteiger partial charge in [0.2, 0.25) is 5.91 Å². The SMILES string of the molecule is O=C(CCCc1c[nH]c2ccccc12)NCCO[C@H]1O[C@H](CO)[C@H](O)[C@H](O)[C@H]1O. The standard InChI is InChI=1S/C20H28N2O7/c23-11-15-17(25)18(26)19(27)20(29-15)28-9-8-21-16(24)7-3-4-12-10-22-14-6-2-1-5-13(12)14/h1-2,5-6,10,15,17-20,22-23,25-27H,3-4,7-9,11H2,(H,21,24)/t15-,17+,18+,19-,20+/m1/s1. The molecule has 0 bridgehead atoms. The highest BCUT2D eigenvalue weighted by molar-refractivity contribution is 5.83. The number of aryl methyl sites for hydroxylation is 1. The molecule has 0 aliphatic carbocycles. The number of carbonyl (C=O) groups is 1. The second-order valence-corrected chi connectivity index (χ2v) is 7.13. The number of aliphatic hydroxyl groups is 4. The molecule has 0 radical (unpaired) electrons. The van der Waals surface area contributed by atoms with Gasteiger partial charge in [-0.2, -0.15) is 0 Å². The number of aromatic nitrogens is 1. The Hall–Kier alpha value is -2.01. The first-order valence-corrected chi connectivity index (χ1v) is 9.75. The molecule has 9 nitrogen and oxygen atoms in total. The topological polar surface area (TPSA) is 144 Å². The summed E-state index contributed by atoms with van der Waals surface area (Å²) < 4.78 is 10.6. The fourth-order valence-corrected chi connectivity index (χ4v) is 3.44. The molecule has 0 unspecified atom stereocenters. The van der Waals surface area contributed by atoms with Crippen LogP contribution in [-0.4, -0.2) is 81.8 Å². The Morgan fingerprint density at radius 2 is 1.97 bits per heavy atom. The summed E-state index contributed by atoms with van der Waals surface area (Å²) in [6.45, 7) is -0.254. The average Bonchev–Trinajstić information content (AvgIpc) is 3.14. The number of para-hydroxylation sites is 1. The highest BCUT2D eigenvalue weighted by Crippen LogP contribution is 2.22. The third kappa shape index (κ3) is 5.33. The van der Waals surface area contributed by atoms with Gasteiger partial charge in [0, 0.05) is 30.1 Å². The summed E-state index contributed by atoms with van der Waals surface area (Å²) in [5.41, 5.74) is 2.26. The van der Waals surface area contributed by atoms with E-state index in [1.807, 2.05) is 24.4 Å². The van der Waals surface area contributed by atoms with E-state index >= 15 is 0 Å². The Morgan fingerprint density at radius 3 is 2.76 bits per heavy atom. The summed E-state index contributed by atoms with van der Waals surface area (Å²) in [4.78, 5) is 15.2. The van der Waals surface area contributed by atoms with E-state index in [-0.39, 0.29) is 19.1 Å². The summed E-state index contributed by atoms with van der Waals surface area (Å²) in [5.74, 6) is -0.109. The average molecular weight is 408 g/mol. The van der Waals surface area contributed by atoms with E-state index in [0.29, 0.717) is 12.8 Å². The smallest absolute Gasteiger partial charge is 0.220 e. The fraction of sp³-hybridized carbons (Fsp3) is 0.550. The van der Waals surface area contributed by atoms with E-state index in [9.17, 15) is 20.1 Å². The number of hydrogen-bond acceptors (Lipinski definition) is 7. The monoisotopic (exact) mass is 408 g/mol. The predicted octanol–water partition coefficient (Wildman–Crippen LogP) is -0.577. The Morgan fingerprint density at radius 1 is 1.17 bits per heavy atom. The molecule has 6 N–H and O–H groups in total. The van der Waals surface area contributed by atoms with Gasteiger partial charge in [-0.3, -0.25) is 4.79 Å². The van der Waals surface area contributed by atoms with E-state index in [1.165, 1.54) is 10.9 Å². The van der Waals surface area contributed by atoms with Crippen molar-refractivity contribution in [3.05, 3.63) is 36.0 Å². The minimum Gasteiger partial charge on any atom is -0.394 e. The van der Waals surface area contributed by atoms with Crippen LogP contribution in [0.25, 0.3) is 10.9 Å². The van der Waals surface area contributed by atoms with Crippen LogP contribution in [0, 0.1) is 0 Å². The highest BCUT2D eigenvalue weighted by atomic mass is 16.7. The van der Waals surface area contributed by atoms with Gasteiger partial charge in [-0.25, -0.2) is 0 Å². The van der Waals surface area contributed by atoms with Crippen LogP contribution >= 0.6 is 0 Å². The molecule has 1 aromatic carbocycles. The molecule has 9 heteroatoms. The Bertz CT molecular complexity index is 794. The zero-order chi connectivity index (χ0) is 20.8. The van der Waals surface area contributed by atoms with Gasteiger partial charge in [-0.15, -0.1) is 0 Å². The van der Waals surface area contributed by atoms with Crippen LogP contribution in [0.1, 0.15) is 18.4 Å². The lowest BCUT2D eigenvalue weighted by Crippen LogP contribution is -2.59. The van der Waals surface area contributed by atoms with Gasteiger partial charge in [0.15, 0.2) is 6.29 Å². The summed E-state index contributed by atoms with van der Waals surface area (Å²) in [7, 11) is 0. The van der Waals surface area contributed by atoms with E-state index in [4.69, 9.17) is 14.6 Å². The number of fused-ring (bicyclic) bond motifs is 1. The number of aromatic amines is 1. The normalized spacial score (nSPS) is 27.2. The number of hydrogen-bond donors (Lipinski definition) is 6. The zero-order valence-corrected chi connectivity index (χ0v) is 16.0. The Kier molecular flexibility index (Phi) is 7.59. The van der Waals surface area contributed by atoms with Crippen molar-refractivity contribution in [1.29, 1.82) is 0 Å². The number of ether oxygens (including phenoxy) is 2. The molecule has 160 valence electrons. The number of nitrogens with one attached hydrogen (secondary N) is 2. The van der Waals surface area contributed by atoms with Gasteiger partial charge in [-0.05, 0) is 24.5 Å². The zero-order valence-electron chi connectivity index (χ0n) is 16.0. The highest BCUT2D eigenvalue weighted by Gasteiger charge is 2.43. The first-order chi connectivity index (χ1) is 14.0. The number of amides is 1. The van der Waals surface area contributed by atoms with Crippen molar-refractivity contribution in [2.75, 3.05) is 19.8 Å². The molecule has 2 aromatic rings. The molecule has 1 fully saturated rings. The van der Waals surface area contributed by atoms with Gasteiger partial charge in [-0.1, -0.05) is 18.2 Å².